The molecule has 284 valence electrons. The summed E-state index contributed by atoms with van der Waals surface area (Å²) in [6.07, 6.45) is 4.41. The first-order chi connectivity index (χ1) is 25.5. The standard InChI is InChI=1S/C35H46N10O8/c1-35(2,3)53-34(48)37-14-7-16-50-19-21-51-20-18-49-15-6-13-36-28(46)22-24-9-11-25(12-10-24)38-33(47)41-32-40-29-26(23-44(4)42-29)31-39-30(43-45(31)32)27-8-5-17-52-27/h5,8-12,17,23H,6-7,13-16,18-22H2,1-4H3,(H,36,46)(H,37,48)(H2,38,40,41,42,47). The van der Waals surface area contributed by atoms with Crippen LogP contribution in [0.3, 0.4) is 0 Å². The lowest BCUT2D eigenvalue weighted by Gasteiger charge is -2.19. The van der Waals surface area contributed by atoms with E-state index in [1.807, 2.05) is 20.8 Å². The van der Waals surface area contributed by atoms with Gasteiger partial charge in [-0.3, -0.25) is 14.8 Å². The lowest BCUT2D eigenvalue weighted by atomic mass is 10.1. The second kappa shape index (κ2) is 18.8. The molecule has 0 bridgehead atoms. The number of hydrogen-bond donors (Lipinski definition) is 4. The fourth-order valence-electron chi connectivity index (χ4n) is 4.93. The van der Waals surface area contributed by atoms with Crippen LogP contribution in [0, 0.1) is 0 Å². The quantitative estimate of drug-likeness (QED) is 0.0890. The van der Waals surface area contributed by atoms with E-state index in [1.165, 1.54) is 10.8 Å². The number of alkyl carbamates (subject to hydrolysis) is 1. The number of rotatable bonds is 19. The van der Waals surface area contributed by atoms with Crippen molar-refractivity contribution in [1.82, 2.24) is 40.0 Å². The molecule has 0 unspecified atom stereocenters. The monoisotopic (exact) mass is 734 g/mol. The van der Waals surface area contributed by atoms with Gasteiger partial charge in [-0.2, -0.15) is 14.6 Å². The normalized spacial score (nSPS) is 11.5. The molecule has 18 nitrogen and oxygen atoms in total. The van der Waals surface area contributed by atoms with Crippen molar-refractivity contribution in [2.45, 2.75) is 45.6 Å². The summed E-state index contributed by atoms with van der Waals surface area (Å²) >= 11 is 0. The van der Waals surface area contributed by atoms with Crippen molar-refractivity contribution in [3.63, 3.8) is 0 Å². The molecule has 0 spiro atoms. The zero-order chi connectivity index (χ0) is 37.6. The Morgan fingerprint density at radius 2 is 1.51 bits per heavy atom. The van der Waals surface area contributed by atoms with Crippen LogP contribution in [0.5, 0.6) is 0 Å². The number of benzene rings is 1. The van der Waals surface area contributed by atoms with E-state index in [9.17, 15) is 14.4 Å². The summed E-state index contributed by atoms with van der Waals surface area (Å²) in [5.74, 6) is 0.822. The molecule has 0 radical (unpaired) electrons. The van der Waals surface area contributed by atoms with Gasteiger partial charge in [-0.1, -0.05) is 12.1 Å². The van der Waals surface area contributed by atoms with Gasteiger partial charge in [0.15, 0.2) is 17.1 Å². The second-order valence-corrected chi connectivity index (χ2v) is 12.9. The predicted octanol–water partition coefficient (Wildman–Crippen LogP) is 3.93. The lowest BCUT2D eigenvalue weighted by Crippen LogP contribution is -2.33. The molecule has 4 aromatic heterocycles. The molecule has 5 aromatic rings. The van der Waals surface area contributed by atoms with Crippen molar-refractivity contribution in [2.24, 2.45) is 7.05 Å². The fraction of sp³-hybridized carbons (Fsp3) is 0.457. The summed E-state index contributed by atoms with van der Waals surface area (Å²) in [5, 5.41) is 20.6. The van der Waals surface area contributed by atoms with Crippen LogP contribution in [0.4, 0.5) is 21.2 Å². The van der Waals surface area contributed by atoms with E-state index in [0.29, 0.717) is 99.5 Å². The Morgan fingerprint density at radius 3 is 2.17 bits per heavy atom. The van der Waals surface area contributed by atoms with Gasteiger partial charge in [-0.25, -0.2) is 14.6 Å². The Kier molecular flexibility index (Phi) is 13.7. The molecule has 0 atom stereocenters. The average Bonchev–Trinajstić information content (AvgIpc) is 3.87. The number of aromatic nitrogens is 6. The second-order valence-electron chi connectivity index (χ2n) is 12.9. The summed E-state index contributed by atoms with van der Waals surface area (Å²) in [5.41, 5.74) is 1.66. The number of furan rings is 1. The highest BCUT2D eigenvalue weighted by molar-refractivity contribution is 6.00. The zero-order valence-electron chi connectivity index (χ0n) is 30.3. The number of urea groups is 1. The van der Waals surface area contributed by atoms with Gasteiger partial charge in [0.1, 0.15) is 5.60 Å². The first-order valence-electron chi connectivity index (χ1n) is 17.3. The number of anilines is 2. The van der Waals surface area contributed by atoms with Gasteiger partial charge in [0.25, 0.3) is 0 Å². The molecule has 0 fully saturated rings. The van der Waals surface area contributed by atoms with Crippen molar-refractivity contribution in [3.8, 4) is 11.6 Å². The first kappa shape index (κ1) is 38.6. The smallest absolute Gasteiger partial charge is 0.407 e. The maximum atomic E-state index is 13.0. The van der Waals surface area contributed by atoms with E-state index in [0.717, 1.165) is 5.56 Å². The van der Waals surface area contributed by atoms with E-state index in [4.69, 9.17) is 23.4 Å². The van der Waals surface area contributed by atoms with Gasteiger partial charge >= 0.3 is 12.1 Å². The van der Waals surface area contributed by atoms with Crippen molar-refractivity contribution in [2.75, 3.05) is 63.4 Å². The molecule has 4 heterocycles. The summed E-state index contributed by atoms with van der Waals surface area (Å²) in [7, 11) is 1.77. The third-order valence-electron chi connectivity index (χ3n) is 7.28. The van der Waals surface area contributed by atoms with E-state index >= 15 is 0 Å². The van der Waals surface area contributed by atoms with Gasteiger partial charge in [-0.05, 0) is 63.4 Å². The van der Waals surface area contributed by atoms with Crippen molar-refractivity contribution >= 4 is 46.3 Å². The zero-order valence-corrected chi connectivity index (χ0v) is 30.3. The van der Waals surface area contributed by atoms with Crippen molar-refractivity contribution < 1.29 is 37.7 Å². The van der Waals surface area contributed by atoms with Crippen LogP contribution < -0.4 is 21.3 Å². The van der Waals surface area contributed by atoms with E-state index in [1.54, 1.807) is 54.3 Å². The Balaban J connectivity index is 0.923. The van der Waals surface area contributed by atoms with E-state index in [-0.39, 0.29) is 18.3 Å². The van der Waals surface area contributed by atoms with Crippen LogP contribution in [0.25, 0.3) is 28.3 Å². The van der Waals surface area contributed by atoms with Gasteiger partial charge in [0.05, 0.1) is 44.5 Å². The van der Waals surface area contributed by atoms with Crippen LogP contribution in [-0.4, -0.2) is 106 Å². The van der Waals surface area contributed by atoms with Crippen molar-refractivity contribution in [1.29, 1.82) is 0 Å². The van der Waals surface area contributed by atoms with Crippen LogP contribution >= 0.6 is 0 Å². The molecular formula is C35H46N10O8. The number of hydrogen-bond acceptors (Lipinski definition) is 12. The Morgan fingerprint density at radius 1 is 0.830 bits per heavy atom. The molecule has 0 aliphatic heterocycles. The van der Waals surface area contributed by atoms with Crippen LogP contribution in [0.15, 0.2) is 53.3 Å². The minimum Gasteiger partial charge on any atom is -0.461 e. The Hall–Kier alpha value is -5.59. The third-order valence-corrected chi connectivity index (χ3v) is 7.28. The molecule has 0 aliphatic rings. The number of amides is 4. The first-order valence-corrected chi connectivity index (χ1v) is 17.3. The molecular weight excluding hydrogens is 688 g/mol. The molecule has 5 rings (SSSR count). The highest BCUT2D eigenvalue weighted by Gasteiger charge is 2.19. The van der Waals surface area contributed by atoms with Gasteiger partial charge in [-0.15, -0.1) is 5.10 Å². The van der Waals surface area contributed by atoms with Gasteiger partial charge < -0.3 is 39.3 Å². The summed E-state index contributed by atoms with van der Waals surface area (Å²) < 4.78 is 30.2. The third kappa shape index (κ3) is 12.3. The lowest BCUT2D eigenvalue weighted by molar-refractivity contribution is -0.120. The van der Waals surface area contributed by atoms with Crippen molar-refractivity contribution in [3.05, 3.63) is 54.4 Å². The number of fused-ring (bicyclic) bond motifs is 3. The Labute approximate surface area is 305 Å². The number of carbonyl (C=O) groups is 3. The number of nitrogens with one attached hydrogen (secondary N) is 4. The molecule has 0 saturated heterocycles. The van der Waals surface area contributed by atoms with Crippen LogP contribution in [0.2, 0.25) is 0 Å². The topological polar surface area (TPSA) is 210 Å². The number of carbonyl (C=O) groups excluding carboxylic acids is 3. The summed E-state index contributed by atoms with van der Waals surface area (Å²) in [6.45, 7) is 9.21. The molecule has 1 aromatic carbocycles. The number of nitrogens with zero attached hydrogens (tertiary/aromatic N) is 6. The van der Waals surface area contributed by atoms with Gasteiger partial charge in [0, 0.05) is 45.2 Å². The highest BCUT2D eigenvalue weighted by atomic mass is 16.6. The molecule has 53 heavy (non-hydrogen) atoms. The maximum absolute atomic E-state index is 13.0. The molecule has 18 heteroatoms. The Bertz CT molecular complexity index is 1930. The van der Waals surface area contributed by atoms with Crippen LogP contribution in [0.1, 0.15) is 39.2 Å². The fourth-order valence-corrected chi connectivity index (χ4v) is 4.93. The average molecular weight is 735 g/mol. The molecule has 0 saturated carbocycles. The number of ether oxygens (including phenoxy) is 4. The minimum absolute atomic E-state index is 0.117. The summed E-state index contributed by atoms with van der Waals surface area (Å²) in [4.78, 5) is 46.0. The molecule has 4 amide bonds. The highest BCUT2D eigenvalue weighted by Crippen LogP contribution is 2.24. The van der Waals surface area contributed by atoms with Gasteiger partial charge in [0.2, 0.25) is 17.7 Å². The minimum atomic E-state index is -0.546. The maximum Gasteiger partial charge on any atom is 0.407 e. The number of aryl methyl sites for hydroxylation is 1. The largest absolute Gasteiger partial charge is 0.461 e. The van der Waals surface area contributed by atoms with E-state index in [2.05, 4.69) is 41.4 Å². The van der Waals surface area contributed by atoms with E-state index < -0.39 is 17.7 Å². The predicted molar refractivity (Wildman–Crippen MR) is 194 cm³/mol. The SMILES string of the molecule is Cn1cc2c(nc(NC(=O)Nc3ccc(CC(=O)NCCCOCCOCCOCCCNC(=O)OC(C)(C)C)cc3)n3nc(-c4ccco4)nc23)n1. The molecule has 0 aliphatic carbocycles. The molecule has 4 N–H and O–H groups in total. The van der Waals surface area contributed by atoms with Crippen LogP contribution in [-0.2, 0) is 37.2 Å². The summed E-state index contributed by atoms with van der Waals surface area (Å²) in [6, 6.07) is 9.91.